The zero-order valence-electron chi connectivity index (χ0n) is 17.9. The van der Waals surface area contributed by atoms with Crippen molar-refractivity contribution in [2.45, 2.75) is 33.3 Å². The van der Waals surface area contributed by atoms with Crippen molar-refractivity contribution in [3.05, 3.63) is 46.4 Å². The SMILES string of the molecule is CCOc1cc(C=NNC(=O)CC(=O)Nc2ccc(OC)cc2)cc(Br)c1OC(C)C. The Hall–Kier alpha value is -3.07. The van der Waals surface area contributed by atoms with Crippen molar-refractivity contribution in [2.75, 3.05) is 19.0 Å². The number of rotatable bonds is 10. The summed E-state index contributed by atoms with van der Waals surface area (Å²) in [6.07, 6.45) is 1.09. The van der Waals surface area contributed by atoms with Gasteiger partial charge in [0, 0.05) is 5.69 Å². The highest BCUT2D eigenvalue weighted by molar-refractivity contribution is 9.10. The molecule has 0 aliphatic carbocycles. The number of hydrogen-bond acceptors (Lipinski definition) is 6. The summed E-state index contributed by atoms with van der Waals surface area (Å²) in [6.45, 7) is 6.21. The second-order valence-electron chi connectivity index (χ2n) is 6.68. The summed E-state index contributed by atoms with van der Waals surface area (Å²) in [5.74, 6) is 0.860. The largest absolute Gasteiger partial charge is 0.497 e. The van der Waals surface area contributed by atoms with Crippen LogP contribution in [0.25, 0.3) is 0 Å². The summed E-state index contributed by atoms with van der Waals surface area (Å²) in [5, 5.41) is 6.56. The number of anilines is 1. The van der Waals surface area contributed by atoms with Gasteiger partial charge in [-0.1, -0.05) is 0 Å². The maximum Gasteiger partial charge on any atom is 0.249 e. The predicted octanol–water partition coefficient (Wildman–Crippen LogP) is 4.12. The lowest BCUT2D eigenvalue weighted by atomic mass is 10.2. The van der Waals surface area contributed by atoms with E-state index < -0.39 is 11.8 Å². The molecule has 0 radical (unpaired) electrons. The Morgan fingerprint density at radius 1 is 1.16 bits per heavy atom. The standard InChI is InChI=1S/C22H26BrN3O5/c1-5-30-19-11-15(10-18(23)22(19)31-14(2)3)13-24-26-21(28)12-20(27)25-16-6-8-17(29-4)9-7-16/h6-11,13-14H,5,12H2,1-4H3,(H,25,27)(H,26,28). The summed E-state index contributed by atoms with van der Waals surface area (Å²) in [5.41, 5.74) is 3.60. The first kappa shape index (κ1) is 24.2. The number of carbonyl (C=O) groups is 2. The summed E-state index contributed by atoms with van der Waals surface area (Å²) < 4.78 is 17.2. The number of halogens is 1. The molecule has 0 fully saturated rings. The Balaban J connectivity index is 1.94. The second-order valence-corrected chi connectivity index (χ2v) is 7.53. The lowest BCUT2D eigenvalue weighted by Gasteiger charge is -2.16. The molecule has 0 saturated carbocycles. The highest BCUT2D eigenvalue weighted by atomic mass is 79.9. The van der Waals surface area contributed by atoms with Crippen molar-refractivity contribution in [1.82, 2.24) is 5.43 Å². The topological polar surface area (TPSA) is 98.2 Å². The van der Waals surface area contributed by atoms with Crippen LogP contribution in [0.4, 0.5) is 5.69 Å². The van der Waals surface area contributed by atoms with E-state index in [0.717, 1.165) is 0 Å². The van der Waals surface area contributed by atoms with Crippen LogP contribution in [0.15, 0.2) is 46.0 Å². The fourth-order valence-corrected chi connectivity index (χ4v) is 3.07. The highest BCUT2D eigenvalue weighted by Crippen LogP contribution is 2.37. The van der Waals surface area contributed by atoms with Crippen molar-refractivity contribution in [2.24, 2.45) is 5.10 Å². The molecule has 2 N–H and O–H groups in total. The molecule has 166 valence electrons. The first-order valence-corrected chi connectivity index (χ1v) is 10.5. The lowest BCUT2D eigenvalue weighted by Crippen LogP contribution is -2.24. The molecule has 31 heavy (non-hydrogen) atoms. The molecule has 0 atom stereocenters. The van der Waals surface area contributed by atoms with Gasteiger partial charge in [0.25, 0.3) is 0 Å². The molecule has 0 unspecified atom stereocenters. The molecule has 0 aliphatic heterocycles. The molecular formula is C22H26BrN3O5. The van der Waals surface area contributed by atoms with E-state index in [1.807, 2.05) is 20.8 Å². The van der Waals surface area contributed by atoms with Gasteiger partial charge < -0.3 is 19.5 Å². The molecule has 8 nitrogen and oxygen atoms in total. The molecule has 2 amide bonds. The number of carbonyl (C=O) groups excluding carboxylic acids is 2. The van der Waals surface area contributed by atoms with Crippen LogP contribution in [0.2, 0.25) is 0 Å². The molecule has 2 aromatic rings. The van der Waals surface area contributed by atoms with Gasteiger partial charge in [-0.2, -0.15) is 5.10 Å². The van der Waals surface area contributed by atoms with Crippen LogP contribution >= 0.6 is 15.9 Å². The average molecular weight is 492 g/mol. The fourth-order valence-electron chi connectivity index (χ4n) is 2.52. The molecule has 2 rings (SSSR count). The van der Waals surface area contributed by atoms with E-state index in [4.69, 9.17) is 14.2 Å². The third-order valence-corrected chi connectivity index (χ3v) is 4.37. The Morgan fingerprint density at radius 3 is 2.48 bits per heavy atom. The van der Waals surface area contributed by atoms with Crippen molar-refractivity contribution in [3.63, 3.8) is 0 Å². The Bertz CT molecular complexity index is 929. The smallest absolute Gasteiger partial charge is 0.249 e. The van der Waals surface area contributed by atoms with E-state index >= 15 is 0 Å². The molecule has 0 aromatic heterocycles. The van der Waals surface area contributed by atoms with Crippen molar-refractivity contribution >= 4 is 39.6 Å². The maximum atomic E-state index is 12.0. The van der Waals surface area contributed by atoms with Gasteiger partial charge in [-0.25, -0.2) is 5.43 Å². The summed E-state index contributed by atoms with van der Waals surface area (Å²) >= 11 is 3.48. The number of ether oxygens (including phenoxy) is 3. The lowest BCUT2D eigenvalue weighted by molar-refractivity contribution is -0.126. The van der Waals surface area contributed by atoms with Gasteiger partial charge in [0.05, 0.1) is 30.5 Å². The first-order valence-electron chi connectivity index (χ1n) is 9.71. The fraction of sp³-hybridized carbons (Fsp3) is 0.318. The normalized spacial score (nSPS) is 10.8. The molecule has 0 heterocycles. The van der Waals surface area contributed by atoms with Crippen LogP contribution in [0.5, 0.6) is 17.2 Å². The molecule has 9 heteroatoms. The Labute approximate surface area is 190 Å². The molecule has 0 bridgehead atoms. The number of nitrogens with zero attached hydrogens (tertiary/aromatic N) is 1. The van der Waals surface area contributed by atoms with Gasteiger partial charge in [0.15, 0.2) is 11.5 Å². The van der Waals surface area contributed by atoms with Gasteiger partial charge in [-0.15, -0.1) is 0 Å². The van der Waals surface area contributed by atoms with E-state index in [1.54, 1.807) is 43.5 Å². The second kappa shape index (κ2) is 11.9. The number of hydrogen-bond donors (Lipinski definition) is 2. The number of methoxy groups -OCH3 is 1. The number of amides is 2. The van der Waals surface area contributed by atoms with E-state index in [2.05, 4.69) is 31.8 Å². The van der Waals surface area contributed by atoms with Crippen molar-refractivity contribution in [1.29, 1.82) is 0 Å². The number of hydrazone groups is 1. The summed E-state index contributed by atoms with van der Waals surface area (Å²) in [4.78, 5) is 24.0. The van der Waals surface area contributed by atoms with Crippen LogP contribution < -0.4 is 25.0 Å². The van der Waals surface area contributed by atoms with Gasteiger partial charge in [0.2, 0.25) is 11.8 Å². The number of benzene rings is 2. The minimum atomic E-state index is -0.536. The van der Waals surface area contributed by atoms with Crippen LogP contribution in [-0.4, -0.2) is 37.8 Å². The molecular weight excluding hydrogens is 466 g/mol. The van der Waals surface area contributed by atoms with Crippen LogP contribution in [0, 0.1) is 0 Å². The maximum absolute atomic E-state index is 12.0. The number of nitrogens with one attached hydrogen (secondary N) is 2. The predicted molar refractivity (Wildman–Crippen MR) is 123 cm³/mol. The summed E-state index contributed by atoms with van der Waals surface area (Å²) in [6, 6.07) is 10.4. The first-order chi connectivity index (χ1) is 14.8. The minimum Gasteiger partial charge on any atom is -0.497 e. The minimum absolute atomic E-state index is 0.0154. The zero-order chi connectivity index (χ0) is 22.8. The third-order valence-electron chi connectivity index (χ3n) is 3.78. The monoisotopic (exact) mass is 491 g/mol. The average Bonchev–Trinajstić information content (AvgIpc) is 2.71. The van der Waals surface area contributed by atoms with Crippen molar-refractivity contribution in [3.8, 4) is 17.2 Å². The van der Waals surface area contributed by atoms with Crippen LogP contribution in [0.3, 0.4) is 0 Å². The third kappa shape index (κ3) is 7.93. The van der Waals surface area contributed by atoms with Crippen molar-refractivity contribution < 1.29 is 23.8 Å². The molecule has 0 spiro atoms. The van der Waals surface area contributed by atoms with E-state index in [-0.39, 0.29) is 12.5 Å². The Kier molecular flexibility index (Phi) is 9.33. The van der Waals surface area contributed by atoms with E-state index in [1.165, 1.54) is 6.21 Å². The summed E-state index contributed by atoms with van der Waals surface area (Å²) in [7, 11) is 1.56. The van der Waals surface area contributed by atoms with E-state index in [9.17, 15) is 9.59 Å². The van der Waals surface area contributed by atoms with Gasteiger partial charge in [0.1, 0.15) is 12.2 Å². The zero-order valence-corrected chi connectivity index (χ0v) is 19.5. The van der Waals surface area contributed by atoms with Gasteiger partial charge >= 0.3 is 0 Å². The van der Waals surface area contributed by atoms with E-state index in [0.29, 0.717) is 39.6 Å². The quantitative estimate of drug-likeness (QED) is 0.296. The van der Waals surface area contributed by atoms with Gasteiger partial charge in [-0.3, -0.25) is 9.59 Å². The van der Waals surface area contributed by atoms with Crippen LogP contribution in [-0.2, 0) is 9.59 Å². The molecule has 0 aliphatic rings. The molecule has 2 aromatic carbocycles. The Morgan fingerprint density at radius 2 is 1.87 bits per heavy atom. The molecule has 0 saturated heterocycles. The highest BCUT2D eigenvalue weighted by Gasteiger charge is 2.13. The van der Waals surface area contributed by atoms with Crippen LogP contribution in [0.1, 0.15) is 32.8 Å². The van der Waals surface area contributed by atoms with Gasteiger partial charge in [-0.05, 0) is 78.7 Å².